The van der Waals surface area contributed by atoms with Crippen LogP contribution < -0.4 is 9.88 Å². The first-order chi connectivity index (χ1) is 12.6. The van der Waals surface area contributed by atoms with Crippen LogP contribution in [-0.2, 0) is 0 Å². The minimum atomic E-state index is 0.0718. The number of nitrogens with one attached hydrogen (secondary N) is 1. The molecule has 1 fully saturated rings. The second-order valence-electron chi connectivity index (χ2n) is 6.88. The van der Waals surface area contributed by atoms with E-state index in [-0.39, 0.29) is 5.78 Å². The number of carbonyl (C=O) groups excluding carboxylic acids is 1. The van der Waals surface area contributed by atoms with Gasteiger partial charge in [0.2, 0.25) is 0 Å². The normalized spacial score (nSPS) is 14.6. The SMILES string of the molecule is CC(=O)c1c(N2CCCCC2)[nH+]c2ccc(Cl)cc2c1-c1ccccc1. The predicted octanol–water partition coefficient (Wildman–Crippen LogP) is 5.17. The molecule has 0 saturated carbocycles. The van der Waals surface area contributed by atoms with Crippen molar-refractivity contribution in [1.82, 2.24) is 0 Å². The minimum absolute atomic E-state index is 0.0718. The molecule has 1 aliphatic rings. The first kappa shape index (κ1) is 17.0. The Morgan fingerprint density at radius 1 is 1.04 bits per heavy atom. The molecule has 0 radical (unpaired) electrons. The number of ketones is 1. The summed E-state index contributed by atoms with van der Waals surface area (Å²) in [5.74, 6) is 1.01. The molecule has 2 aromatic carbocycles. The average Bonchev–Trinajstić information content (AvgIpc) is 2.67. The number of aromatic amines is 1. The number of H-pyrrole nitrogens is 1. The number of benzene rings is 2. The van der Waals surface area contributed by atoms with Crippen molar-refractivity contribution < 1.29 is 9.78 Å². The summed E-state index contributed by atoms with van der Waals surface area (Å²) in [6.45, 7) is 3.60. The molecule has 0 bridgehead atoms. The van der Waals surface area contributed by atoms with Crippen LogP contribution in [0, 0.1) is 0 Å². The Kier molecular flexibility index (Phi) is 4.64. The molecule has 0 amide bonds. The van der Waals surface area contributed by atoms with Gasteiger partial charge in [0, 0.05) is 16.0 Å². The molecule has 1 aliphatic heterocycles. The Bertz CT molecular complexity index is 963. The maximum atomic E-state index is 12.8. The average molecular weight is 366 g/mol. The third kappa shape index (κ3) is 3.08. The van der Waals surface area contributed by atoms with E-state index in [1.807, 2.05) is 36.4 Å². The molecule has 0 aliphatic carbocycles. The van der Waals surface area contributed by atoms with Gasteiger partial charge in [0.25, 0.3) is 5.82 Å². The molecule has 4 rings (SSSR count). The number of aromatic nitrogens is 1. The largest absolute Gasteiger partial charge is 0.294 e. The maximum Gasteiger partial charge on any atom is 0.286 e. The number of Topliss-reactive ketones (excluding diaryl/α,β-unsaturated/α-hetero) is 1. The fourth-order valence-corrected chi connectivity index (χ4v) is 4.05. The summed E-state index contributed by atoms with van der Waals surface area (Å²) in [6.07, 6.45) is 3.57. The van der Waals surface area contributed by atoms with Crippen molar-refractivity contribution in [3.63, 3.8) is 0 Å². The zero-order chi connectivity index (χ0) is 18.1. The Morgan fingerprint density at radius 3 is 2.46 bits per heavy atom. The molecule has 1 saturated heterocycles. The molecular weight excluding hydrogens is 344 g/mol. The number of pyridine rings is 1. The highest BCUT2D eigenvalue weighted by Gasteiger charge is 2.29. The van der Waals surface area contributed by atoms with E-state index in [4.69, 9.17) is 11.6 Å². The summed E-state index contributed by atoms with van der Waals surface area (Å²) >= 11 is 6.29. The molecule has 132 valence electrons. The van der Waals surface area contributed by atoms with Crippen LogP contribution in [-0.4, -0.2) is 18.9 Å². The third-order valence-electron chi connectivity index (χ3n) is 5.08. The highest BCUT2D eigenvalue weighted by molar-refractivity contribution is 6.31. The Morgan fingerprint density at radius 2 is 1.77 bits per heavy atom. The molecule has 2 heterocycles. The number of piperidine rings is 1. The van der Waals surface area contributed by atoms with Crippen LogP contribution in [0.25, 0.3) is 22.0 Å². The fourth-order valence-electron chi connectivity index (χ4n) is 3.88. The molecule has 26 heavy (non-hydrogen) atoms. The number of fused-ring (bicyclic) bond motifs is 1. The van der Waals surface area contributed by atoms with Gasteiger partial charge >= 0.3 is 0 Å². The molecule has 0 atom stereocenters. The highest BCUT2D eigenvalue weighted by atomic mass is 35.5. The van der Waals surface area contributed by atoms with Crippen LogP contribution in [0.15, 0.2) is 48.5 Å². The van der Waals surface area contributed by atoms with Crippen molar-refractivity contribution >= 4 is 34.1 Å². The van der Waals surface area contributed by atoms with E-state index in [2.05, 4.69) is 22.0 Å². The lowest BCUT2D eigenvalue weighted by Crippen LogP contribution is -2.36. The van der Waals surface area contributed by atoms with Crippen molar-refractivity contribution in [2.24, 2.45) is 0 Å². The molecule has 0 spiro atoms. The van der Waals surface area contributed by atoms with E-state index in [9.17, 15) is 4.79 Å². The molecule has 0 unspecified atom stereocenters. The number of halogens is 1. The van der Waals surface area contributed by atoms with E-state index in [0.29, 0.717) is 5.02 Å². The van der Waals surface area contributed by atoms with Crippen molar-refractivity contribution in [2.75, 3.05) is 18.0 Å². The number of hydrogen-bond acceptors (Lipinski definition) is 2. The zero-order valence-electron chi connectivity index (χ0n) is 14.9. The molecule has 3 aromatic rings. The maximum absolute atomic E-state index is 12.8. The first-order valence-electron chi connectivity index (χ1n) is 9.15. The lowest BCUT2D eigenvalue weighted by Gasteiger charge is -2.24. The Balaban J connectivity index is 2.07. The van der Waals surface area contributed by atoms with E-state index < -0.39 is 0 Å². The van der Waals surface area contributed by atoms with Crippen LogP contribution in [0.2, 0.25) is 5.02 Å². The number of anilines is 1. The van der Waals surface area contributed by atoms with Gasteiger partial charge in [-0.1, -0.05) is 41.9 Å². The van der Waals surface area contributed by atoms with Crippen LogP contribution in [0.3, 0.4) is 0 Å². The minimum Gasteiger partial charge on any atom is -0.294 e. The van der Waals surface area contributed by atoms with Crippen molar-refractivity contribution in [2.45, 2.75) is 26.2 Å². The lowest BCUT2D eigenvalue weighted by molar-refractivity contribution is -0.330. The predicted molar refractivity (Wildman–Crippen MR) is 107 cm³/mol. The van der Waals surface area contributed by atoms with E-state index in [1.54, 1.807) is 6.92 Å². The smallest absolute Gasteiger partial charge is 0.286 e. The third-order valence-corrected chi connectivity index (χ3v) is 5.31. The van der Waals surface area contributed by atoms with Gasteiger partial charge in [0.1, 0.15) is 11.1 Å². The van der Waals surface area contributed by atoms with Gasteiger partial charge in [-0.3, -0.25) is 9.69 Å². The quantitative estimate of drug-likeness (QED) is 0.600. The van der Waals surface area contributed by atoms with Crippen LogP contribution in [0.4, 0.5) is 5.82 Å². The van der Waals surface area contributed by atoms with E-state index >= 15 is 0 Å². The number of nitrogens with zero attached hydrogens (tertiary/aromatic N) is 1. The Hall–Kier alpha value is -2.39. The number of hydrogen-bond donors (Lipinski definition) is 0. The second-order valence-corrected chi connectivity index (χ2v) is 7.32. The van der Waals surface area contributed by atoms with E-state index in [1.165, 1.54) is 6.42 Å². The Labute approximate surface area is 158 Å². The number of carbonyl (C=O) groups is 1. The lowest BCUT2D eigenvalue weighted by atomic mass is 9.93. The summed E-state index contributed by atoms with van der Waals surface area (Å²) in [6, 6.07) is 16.0. The summed E-state index contributed by atoms with van der Waals surface area (Å²) in [4.78, 5) is 18.6. The van der Waals surface area contributed by atoms with Gasteiger partial charge < -0.3 is 0 Å². The summed E-state index contributed by atoms with van der Waals surface area (Å²) < 4.78 is 0. The summed E-state index contributed by atoms with van der Waals surface area (Å²) in [5, 5.41) is 1.65. The highest BCUT2D eigenvalue weighted by Crippen LogP contribution is 2.36. The van der Waals surface area contributed by atoms with E-state index in [0.717, 1.165) is 59.3 Å². The van der Waals surface area contributed by atoms with Gasteiger partial charge in [0.05, 0.1) is 13.1 Å². The topological polar surface area (TPSA) is 34.5 Å². The van der Waals surface area contributed by atoms with Crippen molar-refractivity contribution in [1.29, 1.82) is 0 Å². The van der Waals surface area contributed by atoms with Crippen molar-refractivity contribution in [3.8, 4) is 11.1 Å². The van der Waals surface area contributed by atoms with Crippen LogP contribution in [0.1, 0.15) is 36.5 Å². The second kappa shape index (κ2) is 7.08. The zero-order valence-corrected chi connectivity index (χ0v) is 15.6. The standard InChI is InChI=1S/C22H21ClN2O/c1-15(26)20-21(16-8-4-2-5-9-16)18-14-17(23)10-11-19(18)24-22(20)25-12-6-3-7-13-25/h2,4-5,8-11,14H,3,6-7,12-13H2,1H3/p+1. The van der Waals surface area contributed by atoms with Crippen LogP contribution in [0.5, 0.6) is 0 Å². The number of rotatable bonds is 3. The first-order valence-corrected chi connectivity index (χ1v) is 9.53. The van der Waals surface area contributed by atoms with Gasteiger partial charge in [-0.15, -0.1) is 0 Å². The van der Waals surface area contributed by atoms with Gasteiger partial charge in [-0.25, -0.2) is 4.98 Å². The molecule has 4 heteroatoms. The molecule has 1 aromatic heterocycles. The van der Waals surface area contributed by atoms with Crippen LogP contribution >= 0.6 is 11.6 Å². The van der Waals surface area contributed by atoms with Crippen molar-refractivity contribution in [3.05, 3.63) is 59.1 Å². The molecular formula is C22H22ClN2O+. The summed E-state index contributed by atoms with van der Waals surface area (Å²) in [5.41, 5.74) is 3.76. The molecule has 1 N–H and O–H groups in total. The van der Waals surface area contributed by atoms with Gasteiger partial charge in [0.15, 0.2) is 5.78 Å². The monoisotopic (exact) mass is 365 g/mol. The molecule has 3 nitrogen and oxygen atoms in total. The summed E-state index contributed by atoms with van der Waals surface area (Å²) in [7, 11) is 0. The van der Waals surface area contributed by atoms with Gasteiger partial charge in [-0.2, -0.15) is 0 Å². The van der Waals surface area contributed by atoms with Gasteiger partial charge in [-0.05, 0) is 49.9 Å². The fraction of sp³-hybridized carbons (Fsp3) is 0.273.